The Bertz CT molecular complexity index is 694. The summed E-state index contributed by atoms with van der Waals surface area (Å²) < 4.78 is 24.6. The van der Waals surface area contributed by atoms with Crippen LogP contribution in [0.3, 0.4) is 0 Å². The lowest BCUT2D eigenvalue weighted by atomic mass is 10.1. The Labute approximate surface area is 138 Å². The van der Waals surface area contributed by atoms with E-state index < -0.39 is 0 Å². The maximum absolute atomic E-state index is 13.8. The number of nitrogens with zero attached hydrogens (tertiary/aromatic N) is 2. The van der Waals surface area contributed by atoms with Gasteiger partial charge in [-0.1, -0.05) is 17.4 Å². The molecule has 0 spiro atoms. The molecule has 2 heterocycles. The Morgan fingerprint density at radius 1 is 1.48 bits per heavy atom. The summed E-state index contributed by atoms with van der Waals surface area (Å²) in [5.74, 6) is 0.702. The van der Waals surface area contributed by atoms with E-state index in [4.69, 9.17) is 9.47 Å². The van der Waals surface area contributed by atoms with Crippen molar-refractivity contribution in [2.75, 3.05) is 26.8 Å². The predicted octanol–water partition coefficient (Wildman–Crippen LogP) is 3.19. The second-order valence-electron chi connectivity index (χ2n) is 6.49. The monoisotopic (exact) mass is 334 g/mol. The first-order chi connectivity index (χ1) is 11.2. The highest BCUT2D eigenvalue weighted by atomic mass is 32.1. The van der Waals surface area contributed by atoms with E-state index in [1.807, 2.05) is 11.4 Å². The van der Waals surface area contributed by atoms with E-state index in [-0.39, 0.29) is 11.2 Å². The molecule has 2 aliphatic rings. The fraction of sp³-hybridized carbons (Fsp3) is 0.471. The molecule has 6 heteroatoms. The number of ether oxygens (including phenoxy) is 2. The zero-order valence-corrected chi connectivity index (χ0v) is 13.8. The van der Waals surface area contributed by atoms with Crippen molar-refractivity contribution in [2.24, 2.45) is 11.3 Å². The fourth-order valence-electron chi connectivity index (χ4n) is 3.60. The van der Waals surface area contributed by atoms with E-state index in [0.717, 1.165) is 37.0 Å². The Balaban J connectivity index is 1.35. The summed E-state index contributed by atoms with van der Waals surface area (Å²) in [5.41, 5.74) is 1.26. The van der Waals surface area contributed by atoms with E-state index in [2.05, 4.69) is 9.88 Å². The molecule has 23 heavy (non-hydrogen) atoms. The number of piperidine rings is 1. The number of benzene rings is 1. The maximum Gasteiger partial charge on any atom is 0.273 e. The highest BCUT2D eigenvalue weighted by Gasteiger charge is 2.60. The van der Waals surface area contributed by atoms with Crippen LogP contribution in [0.15, 0.2) is 29.8 Å². The minimum atomic E-state index is -0.295. The first kappa shape index (κ1) is 14.9. The Morgan fingerprint density at radius 2 is 2.39 bits per heavy atom. The quantitative estimate of drug-likeness (QED) is 0.813. The lowest BCUT2D eigenvalue weighted by Gasteiger charge is -2.21. The number of halogens is 1. The van der Waals surface area contributed by atoms with Gasteiger partial charge in [-0.3, -0.25) is 4.90 Å². The van der Waals surface area contributed by atoms with E-state index >= 15 is 0 Å². The Morgan fingerprint density at radius 3 is 3.13 bits per heavy atom. The highest BCUT2D eigenvalue weighted by Crippen LogP contribution is 2.58. The van der Waals surface area contributed by atoms with Gasteiger partial charge in [0.1, 0.15) is 0 Å². The second kappa shape index (κ2) is 5.76. The molecule has 0 amide bonds. The molecule has 0 N–H and O–H groups in total. The van der Waals surface area contributed by atoms with Gasteiger partial charge < -0.3 is 9.47 Å². The molecule has 1 aromatic heterocycles. The zero-order valence-electron chi connectivity index (χ0n) is 13.0. The minimum Gasteiger partial charge on any atom is -0.494 e. The van der Waals surface area contributed by atoms with Gasteiger partial charge in [-0.2, -0.15) is 0 Å². The van der Waals surface area contributed by atoms with Crippen molar-refractivity contribution in [2.45, 2.75) is 13.0 Å². The number of thiazole rings is 1. The molecule has 1 saturated carbocycles. The van der Waals surface area contributed by atoms with Crippen molar-refractivity contribution in [3.8, 4) is 10.9 Å². The molecule has 2 aromatic rings. The molecule has 1 aliphatic heterocycles. The van der Waals surface area contributed by atoms with Crippen LogP contribution in [0.1, 0.15) is 12.0 Å². The van der Waals surface area contributed by atoms with Crippen molar-refractivity contribution in [3.63, 3.8) is 0 Å². The zero-order chi connectivity index (χ0) is 15.9. The molecule has 1 aromatic carbocycles. The van der Waals surface area contributed by atoms with Gasteiger partial charge in [-0.05, 0) is 30.0 Å². The third-order valence-corrected chi connectivity index (χ3v) is 5.57. The fourth-order valence-corrected chi connectivity index (χ4v) is 4.09. The van der Waals surface area contributed by atoms with Crippen LogP contribution in [-0.2, 0) is 6.54 Å². The van der Waals surface area contributed by atoms with Gasteiger partial charge in [-0.25, -0.2) is 9.37 Å². The molecule has 2 unspecified atom stereocenters. The number of rotatable bonds is 6. The van der Waals surface area contributed by atoms with Crippen molar-refractivity contribution >= 4 is 11.3 Å². The van der Waals surface area contributed by atoms with Gasteiger partial charge >= 0.3 is 0 Å². The predicted molar refractivity (Wildman–Crippen MR) is 86.4 cm³/mol. The molecule has 2 atom stereocenters. The lowest BCUT2D eigenvalue weighted by Crippen LogP contribution is -2.27. The molecular weight excluding hydrogens is 315 g/mol. The van der Waals surface area contributed by atoms with Gasteiger partial charge in [0.15, 0.2) is 11.6 Å². The number of aromatic nitrogens is 1. The molecule has 122 valence electrons. The summed E-state index contributed by atoms with van der Waals surface area (Å²) >= 11 is 1.53. The van der Waals surface area contributed by atoms with E-state index in [0.29, 0.717) is 11.7 Å². The van der Waals surface area contributed by atoms with E-state index in [1.165, 1.54) is 24.9 Å². The number of hydrogen-bond donors (Lipinski definition) is 0. The molecule has 0 bridgehead atoms. The van der Waals surface area contributed by atoms with E-state index in [9.17, 15) is 4.39 Å². The Hall–Kier alpha value is -1.66. The van der Waals surface area contributed by atoms with Crippen molar-refractivity contribution in [3.05, 3.63) is 41.2 Å². The molecule has 4 rings (SSSR count). The van der Waals surface area contributed by atoms with Crippen molar-refractivity contribution in [1.29, 1.82) is 0 Å². The van der Waals surface area contributed by atoms with Crippen LogP contribution in [0.2, 0.25) is 0 Å². The number of likely N-dealkylation sites (tertiary alicyclic amines) is 1. The van der Waals surface area contributed by atoms with Gasteiger partial charge in [0.25, 0.3) is 5.19 Å². The van der Waals surface area contributed by atoms with Crippen molar-refractivity contribution in [1.82, 2.24) is 9.88 Å². The summed E-state index contributed by atoms with van der Waals surface area (Å²) in [6.45, 7) is 3.58. The van der Waals surface area contributed by atoms with Crippen LogP contribution in [0.25, 0.3) is 0 Å². The summed E-state index contributed by atoms with van der Waals surface area (Å²) in [5, 5.41) is 2.68. The average molecular weight is 334 g/mol. The van der Waals surface area contributed by atoms with Gasteiger partial charge in [0.2, 0.25) is 0 Å². The molecule has 1 saturated heterocycles. The van der Waals surface area contributed by atoms with Crippen LogP contribution < -0.4 is 9.47 Å². The minimum absolute atomic E-state index is 0.274. The number of fused-ring (bicyclic) bond motifs is 1. The van der Waals surface area contributed by atoms with Crippen molar-refractivity contribution < 1.29 is 13.9 Å². The average Bonchev–Trinajstić information content (AvgIpc) is 2.92. The number of hydrogen-bond acceptors (Lipinski definition) is 5. The smallest absolute Gasteiger partial charge is 0.273 e. The van der Waals surface area contributed by atoms with Crippen LogP contribution >= 0.6 is 11.3 Å². The van der Waals surface area contributed by atoms with Crippen LogP contribution in [0, 0.1) is 17.2 Å². The number of methoxy groups -OCH3 is 1. The maximum atomic E-state index is 13.8. The van der Waals surface area contributed by atoms with E-state index in [1.54, 1.807) is 18.3 Å². The topological polar surface area (TPSA) is 34.6 Å². The summed E-state index contributed by atoms with van der Waals surface area (Å²) in [4.78, 5) is 6.56. The summed E-state index contributed by atoms with van der Waals surface area (Å²) in [6, 6.07) is 5.20. The van der Waals surface area contributed by atoms with Gasteiger partial charge in [0, 0.05) is 36.6 Å². The normalized spacial score (nSPS) is 26.1. The van der Waals surface area contributed by atoms with Gasteiger partial charge in [-0.15, -0.1) is 0 Å². The Kier molecular flexibility index (Phi) is 3.73. The second-order valence-corrected chi connectivity index (χ2v) is 7.35. The molecular formula is C17H19FN2O2S. The largest absolute Gasteiger partial charge is 0.494 e. The third-order valence-electron chi connectivity index (χ3n) is 4.89. The molecule has 4 nitrogen and oxygen atoms in total. The summed E-state index contributed by atoms with van der Waals surface area (Å²) in [6.07, 6.45) is 2.99. The molecule has 0 radical (unpaired) electrons. The lowest BCUT2D eigenvalue weighted by molar-refractivity contribution is 0.200. The van der Waals surface area contributed by atoms with Crippen LogP contribution in [-0.4, -0.2) is 36.7 Å². The van der Waals surface area contributed by atoms with Crippen LogP contribution in [0.4, 0.5) is 4.39 Å². The highest BCUT2D eigenvalue weighted by molar-refractivity contribution is 7.11. The first-order valence-electron chi connectivity index (χ1n) is 7.76. The molecule has 1 aliphatic carbocycles. The summed E-state index contributed by atoms with van der Waals surface area (Å²) in [7, 11) is 1.48. The standard InChI is InChI=1S/C17H19FN2O2S/c1-21-15-3-2-12(6-14(15)18)8-20-9-13-7-17(13,10-20)11-22-16-19-4-5-23-16/h2-6,13H,7-11H2,1H3. The SMILES string of the molecule is COc1ccc(CN2CC3CC3(COc3nccs3)C2)cc1F. The third kappa shape index (κ3) is 2.93. The molecule has 2 fully saturated rings. The first-order valence-corrected chi connectivity index (χ1v) is 8.63. The van der Waals surface area contributed by atoms with Gasteiger partial charge in [0.05, 0.1) is 13.7 Å². The van der Waals surface area contributed by atoms with Crippen LogP contribution in [0.5, 0.6) is 10.9 Å².